The molecule has 0 bridgehead atoms. The molecule has 0 radical (unpaired) electrons. The van der Waals surface area contributed by atoms with Gasteiger partial charge in [0.1, 0.15) is 0 Å². The third-order valence-electron chi connectivity index (χ3n) is 4.54. The molecule has 2 heterocycles. The van der Waals surface area contributed by atoms with Crippen LogP contribution in [0.3, 0.4) is 0 Å². The number of nitrogens with zero attached hydrogens (tertiary/aromatic N) is 2. The van der Waals surface area contributed by atoms with Crippen LogP contribution in [-0.2, 0) is 14.3 Å². The number of hydrogen-bond acceptors (Lipinski definition) is 4. The summed E-state index contributed by atoms with van der Waals surface area (Å²) in [5.41, 5.74) is 0.889. The van der Waals surface area contributed by atoms with Gasteiger partial charge >= 0.3 is 5.97 Å². The van der Waals surface area contributed by atoms with Crippen LogP contribution in [0.5, 0.6) is 0 Å². The van der Waals surface area contributed by atoms with E-state index in [4.69, 9.17) is 4.74 Å². The smallest absolute Gasteiger partial charge is 0.341 e. The van der Waals surface area contributed by atoms with Gasteiger partial charge in [-0.1, -0.05) is 12.1 Å². The number of carbonyl (C=O) groups is 3. The zero-order valence-electron chi connectivity index (χ0n) is 13.9. The summed E-state index contributed by atoms with van der Waals surface area (Å²) in [6.45, 7) is 3.65. The molecule has 0 spiro atoms. The molecule has 1 aromatic rings. The molecule has 0 aromatic heterocycles. The van der Waals surface area contributed by atoms with E-state index < -0.39 is 12.1 Å². The molecule has 2 saturated heterocycles. The molecule has 0 unspecified atom stereocenters. The molecular weight excluding hydrogens is 308 g/mol. The highest BCUT2D eigenvalue weighted by Gasteiger charge is 2.29. The fourth-order valence-electron chi connectivity index (χ4n) is 3.25. The summed E-state index contributed by atoms with van der Waals surface area (Å²) < 4.78 is 5.38. The molecule has 128 valence electrons. The highest BCUT2D eigenvalue weighted by atomic mass is 16.5. The molecule has 1 atom stereocenters. The second-order valence-corrected chi connectivity index (χ2v) is 6.25. The van der Waals surface area contributed by atoms with E-state index in [-0.39, 0.29) is 11.8 Å². The first kappa shape index (κ1) is 16.5. The summed E-state index contributed by atoms with van der Waals surface area (Å²) in [4.78, 5) is 40.1. The summed E-state index contributed by atoms with van der Waals surface area (Å²) in [6, 6.07) is 6.90. The molecule has 3 rings (SSSR count). The number of benzene rings is 1. The molecule has 0 saturated carbocycles. The van der Waals surface area contributed by atoms with Gasteiger partial charge < -0.3 is 14.5 Å². The monoisotopic (exact) mass is 330 g/mol. The van der Waals surface area contributed by atoms with Crippen LogP contribution in [0, 0.1) is 0 Å². The zero-order chi connectivity index (χ0) is 17.1. The molecule has 2 amide bonds. The van der Waals surface area contributed by atoms with Crippen molar-refractivity contribution >= 4 is 23.5 Å². The van der Waals surface area contributed by atoms with Crippen LogP contribution in [0.2, 0.25) is 0 Å². The Morgan fingerprint density at radius 2 is 1.79 bits per heavy atom. The number of hydrogen-bond donors (Lipinski definition) is 0. The van der Waals surface area contributed by atoms with E-state index in [2.05, 4.69) is 0 Å². The summed E-state index contributed by atoms with van der Waals surface area (Å²) in [5.74, 6) is -0.711. The standard InChI is InChI=1S/C18H22N2O4/c1-13(17(22)19-10-4-5-11-19)24-18(23)14-7-2-3-8-15(14)20-12-6-9-16(20)21/h2-3,7-8,13H,4-6,9-12H2,1H3/t13-/m0/s1. The van der Waals surface area contributed by atoms with Crippen molar-refractivity contribution in [3.63, 3.8) is 0 Å². The maximum atomic E-state index is 12.5. The maximum absolute atomic E-state index is 12.5. The first-order valence-electron chi connectivity index (χ1n) is 8.47. The molecule has 6 nitrogen and oxygen atoms in total. The van der Waals surface area contributed by atoms with Gasteiger partial charge in [0.2, 0.25) is 5.91 Å². The van der Waals surface area contributed by atoms with Gasteiger partial charge in [-0.15, -0.1) is 0 Å². The summed E-state index contributed by atoms with van der Waals surface area (Å²) in [6.07, 6.45) is 2.44. The summed E-state index contributed by atoms with van der Waals surface area (Å²) >= 11 is 0. The van der Waals surface area contributed by atoms with Crippen LogP contribution in [0.25, 0.3) is 0 Å². The number of likely N-dealkylation sites (tertiary alicyclic amines) is 1. The third-order valence-corrected chi connectivity index (χ3v) is 4.54. The van der Waals surface area contributed by atoms with Gasteiger partial charge in [0, 0.05) is 26.1 Å². The Hall–Kier alpha value is -2.37. The van der Waals surface area contributed by atoms with Crippen molar-refractivity contribution in [1.29, 1.82) is 0 Å². The van der Waals surface area contributed by atoms with Crippen LogP contribution in [0.4, 0.5) is 5.69 Å². The summed E-state index contributed by atoms with van der Waals surface area (Å²) in [5, 5.41) is 0. The quantitative estimate of drug-likeness (QED) is 0.792. The van der Waals surface area contributed by atoms with E-state index in [0.29, 0.717) is 24.2 Å². The second kappa shape index (κ2) is 7.03. The van der Waals surface area contributed by atoms with Gasteiger partial charge in [-0.3, -0.25) is 9.59 Å². The Morgan fingerprint density at radius 1 is 1.08 bits per heavy atom. The average Bonchev–Trinajstić information content (AvgIpc) is 3.25. The number of anilines is 1. The SMILES string of the molecule is C[C@H](OC(=O)c1ccccc1N1CCCC1=O)C(=O)N1CCCC1. The maximum Gasteiger partial charge on any atom is 0.341 e. The molecule has 2 fully saturated rings. The first-order valence-corrected chi connectivity index (χ1v) is 8.47. The largest absolute Gasteiger partial charge is 0.449 e. The topological polar surface area (TPSA) is 66.9 Å². The van der Waals surface area contributed by atoms with Gasteiger partial charge in [-0.25, -0.2) is 4.79 Å². The Labute approximate surface area is 141 Å². The molecule has 24 heavy (non-hydrogen) atoms. The molecule has 2 aliphatic heterocycles. The number of para-hydroxylation sites is 1. The first-order chi connectivity index (χ1) is 11.6. The highest BCUT2D eigenvalue weighted by molar-refractivity contribution is 6.04. The molecule has 6 heteroatoms. The van der Waals surface area contributed by atoms with Crippen molar-refractivity contribution in [2.45, 2.75) is 38.7 Å². The van der Waals surface area contributed by atoms with Gasteiger partial charge in [0.25, 0.3) is 5.91 Å². The van der Waals surface area contributed by atoms with Gasteiger partial charge in [-0.05, 0) is 38.3 Å². The fraction of sp³-hybridized carbons (Fsp3) is 0.500. The van der Waals surface area contributed by atoms with Gasteiger partial charge in [0.15, 0.2) is 6.10 Å². The number of amides is 2. The van der Waals surface area contributed by atoms with Crippen molar-refractivity contribution in [2.75, 3.05) is 24.5 Å². The van der Waals surface area contributed by atoms with Gasteiger partial charge in [0.05, 0.1) is 11.3 Å². The third kappa shape index (κ3) is 3.27. The lowest BCUT2D eigenvalue weighted by Crippen LogP contribution is -2.38. The van der Waals surface area contributed by atoms with Crippen LogP contribution in [0.1, 0.15) is 43.0 Å². The molecule has 0 aliphatic carbocycles. The lowest BCUT2D eigenvalue weighted by molar-refractivity contribution is -0.138. The van der Waals surface area contributed by atoms with Crippen molar-refractivity contribution in [3.05, 3.63) is 29.8 Å². The number of rotatable bonds is 4. The highest BCUT2D eigenvalue weighted by Crippen LogP contribution is 2.26. The van der Waals surface area contributed by atoms with E-state index in [0.717, 1.165) is 32.4 Å². The van der Waals surface area contributed by atoms with E-state index >= 15 is 0 Å². The van der Waals surface area contributed by atoms with Gasteiger partial charge in [-0.2, -0.15) is 0 Å². The van der Waals surface area contributed by atoms with Crippen molar-refractivity contribution in [2.24, 2.45) is 0 Å². The minimum atomic E-state index is -0.821. The minimum absolute atomic E-state index is 0.0106. The molecular formula is C18H22N2O4. The summed E-state index contributed by atoms with van der Waals surface area (Å²) in [7, 11) is 0. The fourth-order valence-corrected chi connectivity index (χ4v) is 3.25. The lowest BCUT2D eigenvalue weighted by Gasteiger charge is -2.22. The second-order valence-electron chi connectivity index (χ2n) is 6.25. The number of carbonyl (C=O) groups excluding carboxylic acids is 3. The van der Waals surface area contributed by atoms with E-state index in [9.17, 15) is 14.4 Å². The Balaban J connectivity index is 1.73. The van der Waals surface area contributed by atoms with E-state index in [1.807, 2.05) is 0 Å². The molecule has 0 N–H and O–H groups in total. The number of esters is 1. The minimum Gasteiger partial charge on any atom is -0.449 e. The predicted octanol–water partition coefficient (Wildman–Crippen LogP) is 1.98. The Kier molecular flexibility index (Phi) is 4.83. The lowest BCUT2D eigenvalue weighted by atomic mass is 10.1. The Bertz CT molecular complexity index is 652. The average molecular weight is 330 g/mol. The van der Waals surface area contributed by atoms with Crippen LogP contribution < -0.4 is 4.90 Å². The molecule has 1 aromatic carbocycles. The van der Waals surface area contributed by atoms with Crippen molar-refractivity contribution in [3.8, 4) is 0 Å². The van der Waals surface area contributed by atoms with Crippen LogP contribution >= 0.6 is 0 Å². The predicted molar refractivity (Wildman–Crippen MR) is 88.7 cm³/mol. The Morgan fingerprint density at radius 3 is 2.46 bits per heavy atom. The van der Waals surface area contributed by atoms with E-state index in [1.54, 1.807) is 41.0 Å². The zero-order valence-corrected chi connectivity index (χ0v) is 13.9. The van der Waals surface area contributed by atoms with Crippen molar-refractivity contribution in [1.82, 2.24) is 4.90 Å². The number of ether oxygens (including phenoxy) is 1. The molecule has 2 aliphatic rings. The van der Waals surface area contributed by atoms with Crippen LogP contribution in [0.15, 0.2) is 24.3 Å². The van der Waals surface area contributed by atoms with Crippen molar-refractivity contribution < 1.29 is 19.1 Å². The normalized spacial score (nSPS) is 18.8. The van der Waals surface area contributed by atoms with Crippen LogP contribution in [-0.4, -0.2) is 48.4 Å². The van der Waals surface area contributed by atoms with E-state index in [1.165, 1.54) is 0 Å².